The Kier molecular flexibility index (Phi) is 4.37. The van der Waals surface area contributed by atoms with Crippen molar-refractivity contribution >= 4 is 5.91 Å². The van der Waals surface area contributed by atoms with Crippen LogP contribution in [0.4, 0.5) is 4.39 Å². The third kappa shape index (κ3) is 3.44. The zero-order chi connectivity index (χ0) is 13.8. The molecule has 0 unspecified atom stereocenters. The van der Waals surface area contributed by atoms with Gasteiger partial charge in [0.15, 0.2) is 6.61 Å². The zero-order valence-electron chi connectivity index (χ0n) is 11.1. The van der Waals surface area contributed by atoms with Crippen LogP contribution in [-0.4, -0.2) is 30.5 Å². The number of hydrogen-bond acceptors (Lipinski definition) is 3. The van der Waals surface area contributed by atoms with Gasteiger partial charge in [0.1, 0.15) is 11.6 Å². The maximum absolute atomic E-state index is 13.2. The first-order chi connectivity index (χ1) is 9.08. The molecule has 1 aromatic carbocycles. The molecular weight excluding hydrogens is 247 g/mol. The van der Waals surface area contributed by atoms with Crippen molar-refractivity contribution in [3.63, 3.8) is 0 Å². The van der Waals surface area contributed by atoms with Gasteiger partial charge in [0.25, 0.3) is 5.91 Å². The number of hydrogen-bond donors (Lipinski definition) is 1. The zero-order valence-corrected chi connectivity index (χ0v) is 11.1. The molecule has 4 nitrogen and oxygen atoms in total. The lowest BCUT2D eigenvalue weighted by atomic mass is 10.1. The molecule has 1 aliphatic heterocycles. The normalized spacial score (nSPS) is 16.5. The quantitative estimate of drug-likeness (QED) is 0.904. The van der Waals surface area contributed by atoms with Gasteiger partial charge in [-0.2, -0.15) is 0 Å². The number of amides is 1. The van der Waals surface area contributed by atoms with E-state index in [4.69, 9.17) is 10.5 Å². The van der Waals surface area contributed by atoms with E-state index in [-0.39, 0.29) is 24.4 Å². The van der Waals surface area contributed by atoms with Crippen LogP contribution in [0.5, 0.6) is 5.75 Å². The Labute approximate surface area is 112 Å². The minimum absolute atomic E-state index is 0.0225. The number of nitrogens with zero attached hydrogens (tertiary/aromatic N) is 1. The molecule has 0 aliphatic carbocycles. The maximum atomic E-state index is 13.2. The number of rotatable bonds is 4. The molecule has 1 heterocycles. The molecule has 19 heavy (non-hydrogen) atoms. The molecule has 104 valence electrons. The van der Waals surface area contributed by atoms with Gasteiger partial charge in [-0.3, -0.25) is 4.79 Å². The first-order valence-corrected chi connectivity index (χ1v) is 6.53. The van der Waals surface area contributed by atoms with Crippen molar-refractivity contribution in [1.29, 1.82) is 0 Å². The van der Waals surface area contributed by atoms with Crippen molar-refractivity contribution < 1.29 is 13.9 Å². The molecule has 1 aromatic rings. The molecule has 0 radical (unpaired) electrons. The van der Waals surface area contributed by atoms with Crippen LogP contribution in [0, 0.1) is 5.82 Å². The van der Waals surface area contributed by atoms with Crippen molar-refractivity contribution in [3.8, 4) is 5.75 Å². The summed E-state index contributed by atoms with van der Waals surface area (Å²) in [4.78, 5) is 13.6. The SMILES string of the molecule is C[C@H](N)c1cc(F)ccc1OCC(=O)N1CCCC1. The maximum Gasteiger partial charge on any atom is 0.260 e. The van der Waals surface area contributed by atoms with Gasteiger partial charge >= 0.3 is 0 Å². The fraction of sp³-hybridized carbons (Fsp3) is 0.500. The second kappa shape index (κ2) is 6.02. The van der Waals surface area contributed by atoms with Gasteiger partial charge in [-0.25, -0.2) is 4.39 Å². The molecule has 0 spiro atoms. The summed E-state index contributed by atoms with van der Waals surface area (Å²) in [6, 6.07) is 3.83. The second-order valence-electron chi connectivity index (χ2n) is 4.85. The van der Waals surface area contributed by atoms with Crippen LogP contribution in [0.15, 0.2) is 18.2 Å². The van der Waals surface area contributed by atoms with Crippen LogP contribution in [-0.2, 0) is 4.79 Å². The Morgan fingerprint density at radius 3 is 2.79 bits per heavy atom. The van der Waals surface area contributed by atoms with Crippen LogP contribution in [0.2, 0.25) is 0 Å². The Morgan fingerprint density at radius 1 is 1.47 bits per heavy atom. The molecule has 0 aromatic heterocycles. The van der Waals surface area contributed by atoms with Crippen molar-refractivity contribution in [2.45, 2.75) is 25.8 Å². The average molecular weight is 266 g/mol. The second-order valence-corrected chi connectivity index (χ2v) is 4.85. The lowest BCUT2D eigenvalue weighted by Crippen LogP contribution is -2.32. The molecule has 2 N–H and O–H groups in total. The predicted octanol–water partition coefficient (Wildman–Crippen LogP) is 1.85. The van der Waals surface area contributed by atoms with E-state index in [1.807, 2.05) is 0 Å². The molecule has 1 amide bonds. The highest BCUT2D eigenvalue weighted by molar-refractivity contribution is 5.78. The molecule has 0 saturated carbocycles. The molecule has 1 aliphatic rings. The van der Waals surface area contributed by atoms with Gasteiger partial charge in [0, 0.05) is 24.7 Å². The standard InChI is InChI=1S/C14H19FN2O2/c1-10(16)12-8-11(15)4-5-13(12)19-9-14(18)17-6-2-3-7-17/h4-5,8,10H,2-3,6-7,9,16H2,1H3/t10-/m0/s1. The van der Waals surface area contributed by atoms with Crippen LogP contribution in [0.25, 0.3) is 0 Å². The topological polar surface area (TPSA) is 55.6 Å². The summed E-state index contributed by atoms with van der Waals surface area (Å²) < 4.78 is 18.7. The number of ether oxygens (including phenoxy) is 1. The summed E-state index contributed by atoms with van der Waals surface area (Å²) in [5.74, 6) is 0.0897. The average Bonchev–Trinajstić information content (AvgIpc) is 2.90. The van der Waals surface area contributed by atoms with Gasteiger partial charge in [0.05, 0.1) is 0 Å². The summed E-state index contributed by atoms with van der Waals surface area (Å²) in [5.41, 5.74) is 6.35. The van der Waals surface area contributed by atoms with Crippen LogP contribution in [0.3, 0.4) is 0 Å². The Bertz CT molecular complexity index is 457. The molecule has 5 heteroatoms. The van der Waals surface area contributed by atoms with E-state index < -0.39 is 0 Å². The summed E-state index contributed by atoms with van der Waals surface area (Å²) in [6.45, 7) is 3.33. The summed E-state index contributed by atoms with van der Waals surface area (Å²) in [6.07, 6.45) is 2.10. The monoisotopic (exact) mass is 266 g/mol. The minimum atomic E-state index is -0.356. The smallest absolute Gasteiger partial charge is 0.260 e. The molecule has 0 bridgehead atoms. The van der Waals surface area contributed by atoms with Gasteiger partial charge < -0.3 is 15.4 Å². The summed E-state index contributed by atoms with van der Waals surface area (Å²) in [5, 5.41) is 0. The van der Waals surface area contributed by atoms with Crippen molar-refractivity contribution in [1.82, 2.24) is 4.90 Å². The van der Waals surface area contributed by atoms with E-state index in [9.17, 15) is 9.18 Å². The Morgan fingerprint density at radius 2 is 2.16 bits per heavy atom. The number of benzene rings is 1. The van der Waals surface area contributed by atoms with E-state index in [1.54, 1.807) is 11.8 Å². The van der Waals surface area contributed by atoms with Gasteiger partial charge in [-0.05, 0) is 38.0 Å². The number of carbonyl (C=O) groups is 1. The van der Waals surface area contributed by atoms with Crippen molar-refractivity contribution in [3.05, 3.63) is 29.6 Å². The molecular formula is C14H19FN2O2. The molecule has 1 atom stereocenters. The van der Waals surface area contributed by atoms with E-state index in [1.165, 1.54) is 18.2 Å². The van der Waals surface area contributed by atoms with E-state index >= 15 is 0 Å². The van der Waals surface area contributed by atoms with E-state index in [0.29, 0.717) is 11.3 Å². The molecule has 1 fully saturated rings. The Balaban J connectivity index is 2.00. The van der Waals surface area contributed by atoms with Crippen LogP contribution in [0.1, 0.15) is 31.4 Å². The third-order valence-electron chi connectivity index (χ3n) is 3.27. The fourth-order valence-corrected chi connectivity index (χ4v) is 2.20. The van der Waals surface area contributed by atoms with Gasteiger partial charge in [0.2, 0.25) is 0 Å². The Hall–Kier alpha value is -1.62. The van der Waals surface area contributed by atoms with Crippen LogP contribution >= 0.6 is 0 Å². The molecule has 1 saturated heterocycles. The highest BCUT2D eigenvalue weighted by atomic mass is 19.1. The first kappa shape index (κ1) is 13.8. The minimum Gasteiger partial charge on any atom is -0.483 e. The fourth-order valence-electron chi connectivity index (χ4n) is 2.20. The van der Waals surface area contributed by atoms with Gasteiger partial charge in [-0.15, -0.1) is 0 Å². The summed E-state index contributed by atoms with van der Waals surface area (Å²) in [7, 11) is 0. The predicted molar refractivity (Wildman–Crippen MR) is 70.3 cm³/mol. The van der Waals surface area contributed by atoms with Crippen molar-refractivity contribution in [2.75, 3.05) is 19.7 Å². The highest BCUT2D eigenvalue weighted by Crippen LogP contribution is 2.24. The molecule has 2 rings (SSSR count). The number of likely N-dealkylation sites (tertiary alicyclic amines) is 1. The third-order valence-corrected chi connectivity index (χ3v) is 3.27. The highest BCUT2D eigenvalue weighted by Gasteiger charge is 2.19. The van der Waals surface area contributed by atoms with Crippen LogP contribution < -0.4 is 10.5 Å². The summed E-state index contributed by atoms with van der Waals surface area (Å²) >= 11 is 0. The lowest BCUT2D eigenvalue weighted by molar-refractivity contribution is -0.132. The largest absolute Gasteiger partial charge is 0.483 e. The number of halogens is 1. The van der Waals surface area contributed by atoms with Gasteiger partial charge in [-0.1, -0.05) is 0 Å². The number of carbonyl (C=O) groups excluding carboxylic acids is 1. The lowest BCUT2D eigenvalue weighted by Gasteiger charge is -2.17. The number of nitrogens with two attached hydrogens (primary N) is 1. The first-order valence-electron chi connectivity index (χ1n) is 6.53. The van der Waals surface area contributed by atoms with E-state index in [2.05, 4.69) is 0 Å². The van der Waals surface area contributed by atoms with Crippen molar-refractivity contribution in [2.24, 2.45) is 5.73 Å². The van der Waals surface area contributed by atoms with E-state index in [0.717, 1.165) is 25.9 Å².